The summed E-state index contributed by atoms with van der Waals surface area (Å²) in [5.41, 5.74) is 1.01. The molecule has 0 fully saturated rings. The van der Waals surface area contributed by atoms with Crippen LogP contribution < -0.4 is 5.32 Å². The van der Waals surface area contributed by atoms with E-state index in [9.17, 15) is 18.0 Å². The zero-order chi connectivity index (χ0) is 19.0. The maximum atomic E-state index is 12.2. The van der Waals surface area contributed by atoms with Gasteiger partial charge in [0.2, 0.25) is 5.91 Å². The summed E-state index contributed by atoms with van der Waals surface area (Å²) in [6, 6.07) is 8.01. The molecule has 0 aliphatic heterocycles. The predicted molar refractivity (Wildman–Crippen MR) is 98.4 cm³/mol. The second kappa shape index (κ2) is 9.87. The van der Waals surface area contributed by atoms with E-state index in [1.807, 2.05) is 18.2 Å². The number of thiazole rings is 1. The van der Waals surface area contributed by atoms with Crippen LogP contribution in [0.25, 0.3) is 10.2 Å². The normalized spacial score (nSPS) is 12.0. The smallest absolute Gasteiger partial charge is 0.356 e. The Bertz CT molecular complexity index is 669. The molecule has 0 spiro atoms. The molecule has 0 radical (unpaired) electrons. The van der Waals surface area contributed by atoms with Gasteiger partial charge >= 0.3 is 6.18 Å². The molecule has 1 aromatic carbocycles. The Balaban J connectivity index is 1.53. The first kappa shape index (κ1) is 20.6. The van der Waals surface area contributed by atoms with Gasteiger partial charge in [-0.3, -0.25) is 9.69 Å². The predicted octanol–water partition coefficient (Wildman–Crippen LogP) is 4.01. The standard InChI is InChI=1S/C18H24F3N3OS/c1-24(13-18(19,20)21)12-6-11-22-16(25)9-4-5-10-17-23-14-7-2-3-8-15(14)26-17/h2-3,7-8H,4-6,9-13H2,1H3,(H,22,25). The lowest BCUT2D eigenvalue weighted by atomic mass is 10.2. The number of halogens is 3. The van der Waals surface area contributed by atoms with Crippen molar-refractivity contribution in [1.82, 2.24) is 15.2 Å². The van der Waals surface area contributed by atoms with Crippen molar-refractivity contribution in [2.45, 2.75) is 38.3 Å². The van der Waals surface area contributed by atoms with E-state index in [0.29, 0.717) is 25.9 Å². The Morgan fingerprint density at radius 2 is 2.00 bits per heavy atom. The van der Waals surface area contributed by atoms with Gasteiger partial charge in [-0.25, -0.2) is 4.98 Å². The number of hydrogen-bond donors (Lipinski definition) is 1. The third-order valence-corrected chi connectivity index (χ3v) is 4.97. The molecule has 8 heteroatoms. The zero-order valence-corrected chi connectivity index (χ0v) is 15.6. The van der Waals surface area contributed by atoms with Gasteiger partial charge in [-0.2, -0.15) is 13.2 Å². The van der Waals surface area contributed by atoms with Gasteiger partial charge in [0.25, 0.3) is 0 Å². The number of fused-ring (bicyclic) bond motifs is 1. The molecule has 1 N–H and O–H groups in total. The van der Waals surface area contributed by atoms with Crippen LogP contribution in [0.4, 0.5) is 13.2 Å². The molecule has 0 aliphatic rings. The number of aromatic nitrogens is 1. The Hall–Kier alpha value is -1.67. The highest BCUT2D eigenvalue weighted by Crippen LogP contribution is 2.22. The summed E-state index contributed by atoms with van der Waals surface area (Å²) >= 11 is 1.68. The Morgan fingerprint density at radius 3 is 2.73 bits per heavy atom. The first-order valence-corrected chi connectivity index (χ1v) is 9.51. The lowest BCUT2D eigenvalue weighted by Gasteiger charge is -2.18. The van der Waals surface area contributed by atoms with Crippen LogP contribution in [-0.2, 0) is 11.2 Å². The van der Waals surface area contributed by atoms with E-state index in [1.165, 1.54) is 16.6 Å². The van der Waals surface area contributed by atoms with Crippen LogP contribution in [0.1, 0.15) is 30.7 Å². The van der Waals surface area contributed by atoms with Crippen LogP contribution in [0, 0.1) is 0 Å². The highest BCUT2D eigenvalue weighted by atomic mass is 32.1. The fraction of sp³-hybridized carbons (Fsp3) is 0.556. The summed E-state index contributed by atoms with van der Waals surface area (Å²) in [7, 11) is 1.43. The van der Waals surface area contributed by atoms with Crippen LogP contribution >= 0.6 is 11.3 Å². The summed E-state index contributed by atoms with van der Waals surface area (Å²) in [4.78, 5) is 17.5. The fourth-order valence-electron chi connectivity index (χ4n) is 2.64. The highest BCUT2D eigenvalue weighted by Gasteiger charge is 2.28. The van der Waals surface area contributed by atoms with Gasteiger partial charge in [0, 0.05) is 13.0 Å². The molecule has 0 bridgehead atoms. The molecule has 2 aromatic rings. The Kier molecular flexibility index (Phi) is 7.84. The number of rotatable bonds is 10. The number of amides is 1. The quantitative estimate of drug-likeness (QED) is 0.627. The summed E-state index contributed by atoms with van der Waals surface area (Å²) in [6.45, 7) is -0.219. The van der Waals surface area contributed by atoms with Gasteiger partial charge in [-0.05, 0) is 51.4 Å². The molecule has 1 heterocycles. The second-order valence-corrected chi connectivity index (χ2v) is 7.45. The molecule has 144 valence electrons. The number of unbranched alkanes of at least 4 members (excludes halogenated alkanes) is 1. The topological polar surface area (TPSA) is 45.2 Å². The van der Waals surface area contributed by atoms with E-state index in [4.69, 9.17) is 0 Å². The van der Waals surface area contributed by atoms with E-state index in [0.717, 1.165) is 29.8 Å². The van der Waals surface area contributed by atoms with Gasteiger partial charge < -0.3 is 5.32 Å². The third kappa shape index (κ3) is 7.70. The monoisotopic (exact) mass is 387 g/mol. The van der Waals surface area contributed by atoms with Gasteiger partial charge in [0.15, 0.2) is 0 Å². The fourth-order valence-corrected chi connectivity index (χ4v) is 3.65. The number of nitrogens with zero attached hydrogens (tertiary/aromatic N) is 2. The number of para-hydroxylation sites is 1. The average Bonchev–Trinajstić information content (AvgIpc) is 2.97. The molecule has 1 aromatic heterocycles. The molecular weight excluding hydrogens is 363 g/mol. The molecule has 26 heavy (non-hydrogen) atoms. The molecule has 0 atom stereocenters. The first-order valence-electron chi connectivity index (χ1n) is 8.70. The maximum absolute atomic E-state index is 12.2. The van der Waals surface area contributed by atoms with Gasteiger partial charge in [0.05, 0.1) is 21.8 Å². The van der Waals surface area contributed by atoms with Crippen molar-refractivity contribution in [1.29, 1.82) is 0 Å². The van der Waals surface area contributed by atoms with E-state index in [1.54, 1.807) is 11.3 Å². The number of aryl methyl sites for hydroxylation is 1. The van der Waals surface area contributed by atoms with Crippen molar-refractivity contribution in [3.05, 3.63) is 29.3 Å². The molecule has 0 aliphatic carbocycles. The molecule has 4 nitrogen and oxygen atoms in total. The van der Waals surface area contributed by atoms with Crippen LogP contribution in [0.2, 0.25) is 0 Å². The lowest BCUT2D eigenvalue weighted by Crippen LogP contribution is -2.33. The van der Waals surface area contributed by atoms with E-state index >= 15 is 0 Å². The van der Waals surface area contributed by atoms with Gasteiger partial charge in [-0.15, -0.1) is 11.3 Å². The molecule has 2 rings (SSSR count). The number of alkyl halides is 3. The SMILES string of the molecule is CN(CCCNC(=O)CCCCc1nc2ccccc2s1)CC(F)(F)F. The summed E-state index contributed by atoms with van der Waals surface area (Å²) in [5, 5.41) is 3.84. The molecule has 0 saturated carbocycles. The Morgan fingerprint density at radius 1 is 1.23 bits per heavy atom. The van der Waals surface area contributed by atoms with Crippen LogP contribution in [0.3, 0.4) is 0 Å². The van der Waals surface area contributed by atoms with Crippen molar-refractivity contribution in [3.8, 4) is 0 Å². The number of carbonyl (C=O) groups excluding carboxylic acids is 1. The number of benzene rings is 1. The van der Waals surface area contributed by atoms with Crippen molar-refractivity contribution in [2.24, 2.45) is 0 Å². The largest absolute Gasteiger partial charge is 0.401 e. The minimum atomic E-state index is -4.18. The van der Waals surface area contributed by atoms with E-state index < -0.39 is 12.7 Å². The van der Waals surface area contributed by atoms with Crippen LogP contribution in [0.5, 0.6) is 0 Å². The Labute approximate surface area is 155 Å². The first-order chi connectivity index (χ1) is 12.3. The number of hydrogen-bond acceptors (Lipinski definition) is 4. The second-order valence-electron chi connectivity index (χ2n) is 6.34. The van der Waals surface area contributed by atoms with Crippen LogP contribution in [-0.4, -0.2) is 48.6 Å². The van der Waals surface area contributed by atoms with Crippen molar-refractivity contribution < 1.29 is 18.0 Å². The maximum Gasteiger partial charge on any atom is 0.401 e. The van der Waals surface area contributed by atoms with Crippen molar-refractivity contribution in [3.63, 3.8) is 0 Å². The third-order valence-electron chi connectivity index (χ3n) is 3.87. The summed E-state index contributed by atoms with van der Waals surface area (Å²) < 4.78 is 37.7. The molecule has 1 amide bonds. The van der Waals surface area contributed by atoms with Crippen molar-refractivity contribution >= 4 is 27.5 Å². The van der Waals surface area contributed by atoms with E-state index in [-0.39, 0.29) is 5.91 Å². The lowest BCUT2D eigenvalue weighted by molar-refractivity contribution is -0.143. The zero-order valence-electron chi connectivity index (χ0n) is 14.8. The minimum Gasteiger partial charge on any atom is -0.356 e. The summed E-state index contributed by atoms with van der Waals surface area (Å²) in [6.07, 6.45) is -0.721. The summed E-state index contributed by atoms with van der Waals surface area (Å²) in [5.74, 6) is -0.0484. The van der Waals surface area contributed by atoms with Crippen LogP contribution in [0.15, 0.2) is 24.3 Å². The highest BCUT2D eigenvalue weighted by molar-refractivity contribution is 7.18. The number of carbonyl (C=O) groups is 1. The molecular formula is C18H24F3N3OS. The van der Waals surface area contributed by atoms with Gasteiger partial charge in [-0.1, -0.05) is 12.1 Å². The van der Waals surface area contributed by atoms with Crippen molar-refractivity contribution in [2.75, 3.05) is 26.7 Å². The molecule has 0 unspecified atom stereocenters. The van der Waals surface area contributed by atoms with E-state index in [2.05, 4.69) is 16.4 Å². The molecule has 0 saturated heterocycles. The minimum absolute atomic E-state index is 0.0484. The van der Waals surface area contributed by atoms with Gasteiger partial charge in [0.1, 0.15) is 0 Å². The average molecular weight is 387 g/mol. The number of nitrogens with one attached hydrogen (secondary N) is 1.